The van der Waals surface area contributed by atoms with E-state index in [1.807, 2.05) is 44.7 Å². The third-order valence-electron chi connectivity index (χ3n) is 12.9. The zero-order chi connectivity index (χ0) is 43.1. The van der Waals surface area contributed by atoms with E-state index in [1.165, 1.54) is 14.2 Å². The summed E-state index contributed by atoms with van der Waals surface area (Å²) in [5, 5.41) is 7.79. The van der Waals surface area contributed by atoms with E-state index in [2.05, 4.69) is 50.9 Å². The molecular formula is C45H53ClN8O7. The average molecular weight is 853 g/mol. The fourth-order valence-electron chi connectivity index (χ4n) is 9.07. The fraction of sp³-hybridized carbons (Fsp3) is 0.467. The van der Waals surface area contributed by atoms with Gasteiger partial charge in [0.2, 0.25) is 11.8 Å². The number of H-pyrrole nitrogens is 2. The lowest BCUT2D eigenvalue weighted by atomic mass is 9.92. The van der Waals surface area contributed by atoms with Crippen LogP contribution in [0.25, 0.3) is 44.2 Å². The SMILES string of the molecule is CC[C@H](C)[C@H](NC(=O)OC)C(=O)N1CCC[C@H]1c1nc(Cl)c(-c2ccc3c(c2)COc2cc4c(ccc5nc([C@@H]6CCCN6C(=O)[C@@H](NC(=O)OC)[C@@H](C)CC)[nH]c54)cc2-3)[nH]1. The minimum atomic E-state index is -0.724. The lowest BCUT2D eigenvalue weighted by Gasteiger charge is -2.30. The van der Waals surface area contributed by atoms with Crippen molar-refractivity contribution in [1.29, 1.82) is 0 Å². The number of halogens is 1. The highest BCUT2D eigenvalue weighted by Crippen LogP contribution is 2.44. The van der Waals surface area contributed by atoms with Crippen molar-refractivity contribution in [3.05, 3.63) is 64.8 Å². The number of nitrogens with zero attached hydrogens (tertiary/aromatic N) is 4. The maximum absolute atomic E-state index is 13.9. The Morgan fingerprint density at radius 1 is 0.820 bits per heavy atom. The molecule has 3 aliphatic heterocycles. The number of nitrogens with one attached hydrogen (secondary N) is 4. The molecule has 3 aromatic carbocycles. The Balaban J connectivity index is 1.04. The molecule has 0 radical (unpaired) electrons. The number of carbonyl (C=O) groups excluding carboxylic acids is 4. The molecule has 2 fully saturated rings. The summed E-state index contributed by atoms with van der Waals surface area (Å²) in [4.78, 5) is 72.4. The number of amides is 4. The van der Waals surface area contributed by atoms with Gasteiger partial charge in [-0.3, -0.25) is 9.59 Å². The number of aromatic amines is 2. The van der Waals surface area contributed by atoms with E-state index in [-0.39, 0.29) is 35.7 Å². The number of hydrogen-bond acceptors (Lipinski definition) is 9. The van der Waals surface area contributed by atoms with E-state index >= 15 is 0 Å². The zero-order valence-corrected chi connectivity index (χ0v) is 36.2. The first-order chi connectivity index (χ1) is 29.4. The molecule has 0 bridgehead atoms. The average Bonchev–Trinajstić information content (AvgIpc) is 4.11. The third kappa shape index (κ3) is 7.84. The van der Waals surface area contributed by atoms with Gasteiger partial charge in [-0.25, -0.2) is 19.6 Å². The fourth-order valence-corrected chi connectivity index (χ4v) is 9.32. The van der Waals surface area contributed by atoms with E-state index in [1.54, 1.807) is 4.90 Å². The number of hydrogen-bond donors (Lipinski definition) is 4. The molecule has 4 N–H and O–H groups in total. The summed E-state index contributed by atoms with van der Waals surface area (Å²) < 4.78 is 16.1. The van der Waals surface area contributed by atoms with E-state index in [9.17, 15) is 19.2 Å². The number of alkyl carbamates (subject to hydrolysis) is 2. The van der Waals surface area contributed by atoms with Gasteiger partial charge in [-0.1, -0.05) is 70.3 Å². The van der Waals surface area contributed by atoms with Crippen molar-refractivity contribution in [1.82, 2.24) is 40.4 Å². The van der Waals surface area contributed by atoms with Crippen molar-refractivity contribution in [3.63, 3.8) is 0 Å². The summed E-state index contributed by atoms with van der Waals surface area (Å²) in [6, 6.07) is 12.4. The topological polar surface area (TPSA) is 184 Å². The van der Waals surface area contributed by atoms with Gasteiger partial charge >= 0.3 is 12.2 Å². The van der Waals surface area contributed by atoms with E-state index in [4.69, 9.17) is 35.8 Å². The molecule has 2 saturated heterocycles. The molecule has 3 aliphatic rings. The monoisotopic (exact) mass is 852 g/mol. The standard InChI is InChI=1S/C45H53ClN8O7/c1-7-23(3)35(50-44(57)59-5)42(55)53-17-9-11-32(53)40-47-31-16-14-25-20-30-28-15-13-26(19-27(28)22-61-34(30)21-29(25)38(31)49-40)37-39(46)52-41(48-37)33-12-10-18-54(33)43(56)36(24(4)8-2)51-45(58)60-6/h13-16,19-21,23-24,32-33,35-36H,7-12,17-18,22H2,1-6H3,(H,47,49)(H,48,52)(H,50,57)(H,51,58)/t23-,24-,32-,33-,35-,36-/m0/s1. The number of rotatable bonds is 11. The molecule has 4 amide bonds. The lowest BCUT2D eigenvalue weighted by molar-refractivity contribution is -0.136. The molecule has 0 unspecified atom stereocenters. The Bertz CT molecular complexity index is 2500. The van der Waals surface area contributed by atoms with Crippen molar-refractivity contribution in [2.75, 3.05) is 27.3 Å². The molecule has 2 aromatic heterocycles. The normalized spacial score (nSPS) is 19.1. The van der Waals surface area contributed by atoms with Gasteiger partial charge in [0.1, 0.15) is 36.1 Å². The van der Waals surface area contributed by atoms with Crippen LogP contribution in [-0.4, -0.2) is 93.1 Å². The zero-order valence-electron chi connectivity index (χ0n) is 35.4. The summed E-state index contributed by atoms with van der Waals surface area (Å²) in [7, 11) is 2.59. The quantitative estimate of drug-likeness (QED) is 0.102. The van der Waals surface area contributed by atoms with Crippen molar-refractivity contribution in [3.8, 4) is 28.1 Å². The molecule has 5 heterocycles. The van der Waals surface area contributed by atoms with E-state index in [0.29, 0.717) is 55.0 Å². The Morgan fingerprint density at radius 3 is 2.02 bits per heavy atom. The second-order valence-corrected chi connectivity index (χ2v) is 16.8. The highest BCUT2D eigenvalue weighted by atomic mass is 35.5. The van der Waals surface area contributed by atoms with Crippen LogP contribution in [0.5, 0.6) is 5.75 Å². The molecule has 6 atom stereocenters. The molecule has 16 heteroatoms. The maximum Gasteiger partial charge on any atom is 0.407 e. The van der Waals surface area contributed by atoms with E-state index in [0.717, 1.165) is 75.5 Å². The van der Waals surface area contributed by atoms with Crippen LogP contribution in [0.1, 0.15) is 95.5 Å². The number of aromatic nitrogens is 4. The first-order valence-electron chi connectivity index (χ1n) is 21.2. The van der Waals surface area contributed by atoms with Gasteiger partial charge in [0.15, 0.2) is 5.15 Å². The Hall–Kier alpha value is -5.83. The van der Waals surface area contributed by atoms with Crippen molar-refractivity contribution < 1.29 is 33.4 Å². The van der Waals surface area contributed by atoms with Crippen molar-refractivity contribution >= 4 is 57.4 Å². The van der Waals surface area contributed by atoms with Crippen LogP contribution >= 0.6 is 11.6 Å². The predicted molar refractivity (Wildman–Crippen MR) is 231 cm³/mol. The molecule has 0 aliphatic carbocycles. The van der Waals surface area contributed by atoms with Gasteiger partial charge in [-0.05, 0) is 78.3 Å². The van der Waals surface area contributed by atoms with Crippen LogP contribution in [-0.2, 0) is 25.7 Å². The molecule has 15 nitrogen and oxygen atoms in total. The van der Waals surface area contributed by atoms with Crippen molar-refractivity contribution in [2.24, 2.45) is 11.8 Å². The Kier molecular flexibility index (Phi) is 11.9. The summed E-state index contributed by atoms with van der Waals surface area (Å²) in [5.74, 6) is 1.59. The van der Waals surface area contributed by atoms with Crippen LogP contribution < -0.4 is 15.4 Å². The highest BCUT2D eigenvalue weighted by molar-refractivity contribution is 6.32. The van der Waals surface area contributed by atoms with Gasteiger partial charge < -0.3 is 44.6 Å². The third-order valence-corrected chi connectivity index (χ3v) is 13.2. The number of methoxy groups -OCH3 is 2. The Morgan fingerprint density at radius 2 is 1.43 bits per heavy atom. The van der Waals surface area contributed by atoms with Crippen LogP contribution in [0.3, 0.4) is 0 Å². The lowest BCUT2D eigenvalue weighted by Crippen LogP contribution is -2.51. The molecule has 61 heavy (non-hydrogen) atoms. The first-order valence-corrected chi connectivity index (χ1v) is 21.6. The largest absolute Gasteiger partial charge is 0.488 e. The Labute approximate surface area is 359 Å². The van der Waals surface area contributed by atoms with Gasteiger partial charge in [-0.2, -0.15) is 0 Å². The number of likely N-dealkylation sites (tertiary alicyclic amines) is 2. The van der Waals surface area contributed by atoms with Gasteiger partial charge in [0.05, 0.1) is 43.0 Å². The number of benzene rings is 3. The molecule has 5 aromatic rings. The summed E-state index contributed by atoms with van der Waals surface area (Å²) in [6.07, 6.45) is 3.25. The van der Waals surface area contributed by atoms with Crippen LogP contribution in [0, 0.1) is 11.8 Å². The molecule has 0 spiro atoms. The number of fused-ring (bicyclic) bond motifs is 6. The molecule has 8 rings (SSSR count). The minimum absolute atomic E-state index is 0.0780. The van der Waals surface area contributed by atoms with E-state index < -0.39 is 24.3 Å². The van der Waals surface area contributed by atoms with Crippen LogP contribution in [0.4, 0.5) is 9.59 Å². The number of imidazole rings is 2. The first kappa shape index (κ1) is 41.9. The number of ether oxygens (including phenoxy) is 3. The summed E-state index contributed by atoms with van der Waals surface area (Å²) in [5.41, 5.74) is 6.17. The van der Waals surface area contributed by atoms with Gasteiger partial charge in [-0.15, -0.1) is 0 Å². The number of carbonyl (C=O) groups is 4. The molecule has 0 saturated carbocycles. The summed E-state index contributed by atoms with van der Waals surface area (Å²) in [6.45, 7) is 9.33. The molecular weight excluding hydrogens is 800 g/mol. The second-order valence-electron chi connectivity index (χ2n) is 16.5. The smallest absolute Gasteiger partial charge is 0.407 e. The molecule has 322 valence electrons. The van der Waals surface area contributed by atoms with Crippen LogP contribution in [0.2, 0.25) is 5.15 Å². The maximum atomic E-state index is 13.9. The van der Waals surface area contributed by atoms with Crippen molar-refractivity contribution in [2.45, 2.75) is 97.0 Å². The van der Waals surface area contributed by atoms with Gasteiger partial charge in [0, 0.05) is 29.6 Å². The van der Waals surface area contributed by atoms with Gasteiger partial charge in [0.25, 0.3) is 0 Å². The highest BCUT2D eigenvalue weighted by Gasteiger charge is 2.40. The minimum Gasteiger partial charge on any atom is -0.488 e. The predicted octanol–water partition coefficient (Wildman–Crippen LogP) is 8.19. The van der Waals surface area contributed by atoms with Crippen LogP contribution in [0.15, 0.2) is 42.5 Å². The second kappa shape index (κ2) is 17.3. The summed E-state index contributed by atoms with van der Waals surface area (Å²) >= 11 is 6.81.